The monoisotopic (exact) mass is 263 g/mol. The molecule has 1 heterocycles. The van der Waals surface area contributed by atoms with Gasteiger partial charge in [0.1, 0.15) is 0 Å². The topological polar surface area (TPSA) is 38.8 Å². The first kappa shape index (κ1) is 13.9. The van der Waals surface area contributed by atoms with Gasteiger partial charge in [-0.1, -0.05) is 30.3 Å². The summed E-state index contributed by atoms with van der Waals surface area (Å²) >= 11 is 0. The van der Waals surface area contributed by atoms with E-state index >= 15 is 0 Å². The zero-order valence-electron chi connectivity index (χ0n) is 11.8. The smallest absolute Gasteiger partial charge is 0.410 e. The number of morpholine rings is 1. The number of ether oxygens (including phenoxy) is 2. The van der Waals surface area contributed by atoms with Crippen LogP contribution in [-0.2, 0) is 15.9 Å². The number of carbonyl (C=O) groups is 1. The summed E-state index contributed by atoms with van der Waals surface area (Å²) in [6, 6.07) is 10.2. The Balaban J connectivity index is 2.04. The highest BCUT2D eigenvalue weighted by Gasteiger charge is 2.38. The number of methoxy groups -OCH3 is 1. The predicted molar refractivity (Wildman–Crippen MR) is 73.1 cm³/mol. The molecule has 1 aliphatic rings. The van der Waals surface area contributed by atoms with Gasteiger partial charge in [0.05, 0.1) is 31.9 Å². The molecule has 0 bridgehead atoms. The highest BCUT2D eigenvalue weighted by Crippen LogP contribution is 2.24. The summed E-state index contributed by atoms with van der Waals surface area (Å²) in [5, 5.41) is 0. The van der Waals surface area contributed by atoms with Gasteiger partial charge in [0.2, 0.25) is 0 Å². The van der Waals surface area contributed by atoms with Crippen LogP contribution in [-0.4, -0.2) is 42.9 Å². The van der Waals surface area contributed by atoms with Crippen LogP contribution in [0.5, 0.6) is 0 Å². The first-order valence-electron chi connectivity index (χ1n) is 6.54. The van der Waals surface area contributed by atoms with E-state index in [1.54, 1.807) is 4.90 Å². The molecule has 1 aromatic rings. The molecular formula is C15H21NO3. The maximum Gasteiger partial charge on any atom is 0.410 e. The number of rotatable bonds is 2. The molecule has 1 amide bonds. The molecule has 4 nitrogen and oxygen atoms in total. The van der Waals surface area contributed by atoms with Gasteiger partial charge in [0, 0.05) is 6.42 Å². The first-order chi connectivity index (χ1) is 9.03. The van der Waals surface area contributed by atoms with Gasteiger partial charge in [-0.25, -0.2) is 4.79 Å². The third-order valence-corrected chi connectivity index (χ3v) is 3.49. The van der Waals surface area contributed by atoms with Gasteiger partial charge in [0.15, 0.2) is 0 Å². The quantitative estimate of drug-likeness (QED) is 0.822. The van der Waals surface area contributed by atoms with Crippen LogP contribution in [0.3, 0.4) is 0 Å². The largest absolute Gasteiger partial charge is 0.453 e. The standard InChI is InChI=1S/C15H21NO3/c1-15(2)11-19-13(10-16(15)14(17)18-3)9-12-7-5-4-6-8-12/h4-8,13H,9-11H2,1-3H3. The van der Waals surface area contributed by atoms with Crippen molar-refractivity contribution in [2.75, 3.05) is 20.3 Å². The Morgan fingerprint density at radius 2 is 2.11 bits per heavy atom. The van der Waals surface area contributed by atoms with Crippen molar-refractivity contribution in [2.24, 2.45) is 0 Å². The van der Waals surface area contributed by atoms with Gasteiger partial charge >= 0.3 is 6.09 Å². The highest BCUT2D eigenvalue weighted by molar-refractivity contribution is 5.68. The van der Waals surface area contributed by atoms with Crippen LogP contribution in [0.2, 0.25) is 0 Å². The van der Waals surface area contributed by atoms with E-state index in [-0.39, 0.29) is 17.7 Å². The summed E-state index contributed by atoms with van der Waals surface area (Å²) in [4.78, 5) is 13.6. The molecule has 1 aromatic carbocycles. The second-order valence-corrected chi connectivity index (χ2v) is 5.52. The van der Waals surface area contributed by atoms with Crippen molar-refractivity contribution < 1.29 is 14.3 Å². The summed E-state index contributed by atoms with van der Waals surface area (Å²) in [6.45, 7) is 5.07. The fraction of sp³-hybridized carbons (Fsp3) is 0.533. The molecule has 0 N–H and O–H groups in total. The fourth-order valence-corrected chi connectivity index (χ4v) is 2.34. The van der Waals surface area contributed by atoms with Crippen LogP contribution in [0.4, 0.5) is 4.79 Å². The Morgan fingerprint density at radius 3 is 2.74 bits per heavy atom. The molecule has 104 valence electrons. The summed E-state index contributed by atoms with van der Waals surface area (Å²) in [5.41, 5.74) is 0.900. The minimum atomic E-state index is -0.319. The molecule has 0 saturated carbocycles. The van der Waals surface area contributed by atoms with Crippen molar-refractivity contribution in [2.45, 2.75) is 31.9 Å². The molecule has 0 spiro atoms. The van der Waals surface area contributed by atoms with Crippen molar-refractivity contribution in [1.82, 2.24) is 4.90 Å². The molecule has 1 fully saturated rings. The van der Waals surface area contributed by atoms with Gasteiger partial charge in [-0.15, -0.1) is 0 Å². The van der Waals surface area contributed by atoms with E-state index in [2.05, 4.69) is 12.1 Å². The SMILES string of the molecule is COC(=O)N1CC(Cc2ccccc2)OCC1(C)C. The number of hydrogen-bond acceptors (Lipinski definition) is 3. The fourth-order valence-electron chi connectivity index (χ4n) is 2.34. The Labute approximate surface area is 114 Å². The normalized spacial score (nSPS) is 22.1. The number of benzene rings is 1. The van der Waals surface area contributed by atoms with E-state index in [4.69, 9.17) is 9.47 Å². The minimum absolute atomic E-state index is 0.0227. The third kappa shape index (κ3) is 3.26. The van der Waals surface area contributed by atoms with E-state index in [9.17, 15) is 4.79 Å². The second kappa shape index (κ2) is 5.61. The first-order valence-corrected chi connectivity index (χ1v) is 6.54. The lowest BCUT2D eigenvalue weighted by Crippen LogP contribution is -2.58. The lowest BCUT2D eigenvalue weighted by molar-refractivity contribution is -0.0872. The third-order valence-electron chi connectivity index (χ3n) is 3.49. The van der Waals surface area contributed by atoms with E-state index in [0.29, 0.717) is 13.2 Å². The summed E-state index contributed by atoms with van der Waals surface area (Å²) in [5.74, 6) is 0. The van der Waals surface area contributed by atoms with Crippen molar-refractivity contribution in [1.29, 1.82) is 0 Å². The van der Waals surface area contributed by atoms with E-state index < -0.39 is 0 Å². The molecule has 1 unspecified atom stereocenters. The van der Waals surface area contributed by atoms with Crippen molar-refractivity contribution >= 4 is 6.09 Å². The molecule has 1 saturated heterocycles. The van der Waals surface area contributed by atoms with Crippen molar-refractivity contribution in [3.63, 3.8) is 0 Å². The lowest BCUT2D eigenvalue weighted by Gasteiger charge is -2.44. The van der Waals surface area contributed by atoms with E-state index in [1.165, 1.54) is 12.7 Å². The summed E-state index contributed by atoms with van der Waals surface area (Å²) in [6.07, 6.45) is 0.547. The van der Waals surface area contributed by atoms with Crippen molar-refractivity contribution in [3.05, 3.63) is 35.9 Å². The van der Waals surface area contributed by atoms with Gasteiger partial charge in [-0.05, 0) is 19.4 Å². The molecule has 1 aliphatic heterocycles. The predicted octanol–water partition coefficient (Wildman–Crippen LogP) is 2.47. The molecule has 1 atom stereocenters. The molecule has 2 rings (SSSR count). The molecule has 19 heavy (non-hydrogen) atoms. The number of carbonyl (C=O) groups excluding carboxylic acids is 1. The van der Waals surface area contributed by atoms with Crippen LogP contribution in [0.1, 0.15) is 19.4 Å². The zero-order valence-corrected chi connectivity index (χ0v) is 11.8. The van der Waals surface area contributed by atoms with E-state index in [1.807, 2.05) is 32.0 Å². The lowest BCUT2D eigenvalue weighted by atomic mass is 9.99. The molecule has 0 aromatic heterocycles. The number of hydrogen-bond donors (Lipinski definition) is 0. The maximum absolute atomic E-state index is 11.8. The molecule has 0 radical (unpaired) electrons. The van der Waals surface area contributed by atoms with Crippen molar-refractivity contribution in [3.8, 4) is 0 Å². The Hall–Kier alpha value is -1.55. The molecular weight excluding hydrogens is 242 g/mol. The Morgan fingerprint density at radius 1 is 1.42 bits per heavy atom. The van der Waals surface area contributed by atoms with Crippen LogP contribution in [0.25, 0.3) is 0 Å². The summed E-state index contributed by atoms with van der Waals surface area (Å²) < 4.78 is 10.7. The van der Waals surface area contributed by atoms with Crippen LogP contribution in [0, 0.1) is 0 Å². The van der Waals surface area contributed by atoms with Crippen LogP contribution < -0.4 is 0 Å². The van der Waals surface area contributed by atoms with Gasteiger partial charge in [0.25, 0.3) is 0 Å². The summed E-state index contributed by atoms with van der Waals surface area (Å²) in [7, 11) is 1.42. The zero-order chi connectivity index (χ0) is 13.9. The van der Waals surface area contributed by atoms with Crippen LogP contribution in [0.15, 0.2) is 30.3 Å². The molecule has 4 heteroatoms. The number of nitrogens with zero attached hydrogens (tertiary/aromatic N) is 1. The van der Waals surface area contributed by atoms with Crippen LogP contribution >= 0.6 is 0 Å². The highest BCUT2D eigenvalue weighted by atomic mass is 16.5. The Bertz CT molecular complexity index is 430. The average molecular weight is 263 g/mol. The van der Waals surface area contributed by atoms with Gasteiger partial charge < -0.3 is 9.47 Å². The second-order valence-electron chi connectivity index (χ2n) is 5.52. The Kier molecular flexibility index (Phi) is 4.10. The van der Waals surface area contributed by atoms with Gasteiger partial charge in [-0.2, -0.15) is 0 Å². The van der Waals surface area contributed by atoms with Gasteiger partial charge in [-0.3, -0.25) is 4.90 Å². The number of amides is 1. The maximum atomic E-state index is 11.8. The minimum Gasteiger partial charge on any atom is -0.453 e. The molecule has 0 aliphatic carbocycles. The average Bonchev–Trinajstić information content (AvgIpc) is 2.41. The van der Waals surface area contributed by atoms with E-state index in [0.717, 1.165) is 6.42 Å².